The molecule has 118 valence electrons. The summed E-state index contributed by atoms with van der Waals surface area (Å²) in [6.07, 6.45) is -0.198. The van der Waals surface area contributed by atoms with Gasteiger partial charge in [0.15, 0.2) is 0 Å². The van der Waals surface area contributed by atoms with Crippen LogP contribution in [0.25, 0.3) is 0 Å². The molecule has 1 aromatic rings. The fourth-order valence-electron chi connectivity index (χ4n) is 2.27. The first-order valence-electron chi connectivity index (χ1n) is 7.11. The number of rotatable bonds is 7. The second-order valence-corrected chi connectivity index (χ2v) is 6.34. The Bertz CT molecular complexity index is 459. The van der Waals surface area contributed by atoms with Crippen molar-refractivity contribution in [3.63, 3.8) is 0 Å². The zero-order valence-electron chi connectivity index (χ0n) is 12.1. The van der Waals surface area contributed by atoms with Crippen LogP contribution in [0.1, 0.15) is 13.3 Å². The van der Waals surface area contributed by atoms with Crippen LogP contribution in [-0.2, 0) is 4.74 Å². The van der Waals surface area contributed by atoms with Gasteiger partial charge in [-0.05, 0) is 25.1 Å². The van der Waals surface area contributed by atoms with Gasteiger partial charge in [0.05, 0.1) is 6.10 Å². The number of aliphatic hydroxyl groups is 2. The minimum atomic E-state index is -0.842. The molecule has 0 radical (unpaired) electrons. The summed E-state index contributed by atoms with van der Waals surface area (Å²) in [4.78, 5) is 0. The number of halogens is 1. The summed E-state index contributed by atoms with van der Waals surface area (Å²) >= 11 is 3.37. The monoisotopic (exact) mass is 359 g/mol. The lowest BCUT2D eigenvalue weighted by atomic mass is 9.97. The van der Waals surface area contributed by atoms with Crippen molar-refractivity contribution in [1.82, 2.24) is 5.32 Å². The van der Waals surface area contributed by atoms with Crippen molar-refractivity contribution < 1.29 is 19.7 Å². The lowest BCUT2D eigenvalue weighted by Crippen LogP contribution is -2.47. The third kappa shape index (κ3) is 4.93. The van der Waals surface area contributed by atoms with Gasteiger partial charge in [0, 0.05) is 30.6 Å². The minimum absolute atomic E-state index is 0.180. The van der Waals surface area contributed by atoms with Gasteiger partial charge in [-0.25, -0.2) is 0 Å². The Labute approximate surface area is 133 Å². The second-order valence-electron chi connectivity index (χ2n) is 5.42. The molecule has 0 saturated carbocycles. The lowest BCUT2D eigenvalue weighted by Gasteiger charge is -2.26. The van der Waals surface area contributed by atoms with Crippen molar-refractivity contribution in [3.05, 3.63) is 28.7 Å². The van der Waals surface area contributed by atoms with E-state index in [2.05, 4.69) is 21.2 Å². The molecule has 21 heavy (non-hydrogen) atoms. The average Bonchev–Trinajstić information content (AvgIpc) is 2.77. The van der Waals surface area contributed by atoms with Crippen molar-refractivity contribution in [3.8, 4) is 5.75 Å². The van der Waals surface area contributed by atoms with Gasteiger partial charge in [-0.2, -0.15) is 0 Å². The first kappa shape index (κ1) is 16.7. The smallest absolute Gasteiger partial charge is 0.120 e. The molecule has 2 rings (SSSR count). The fourth-order valence-corrected chi connectivity index (χ4v) is 2.64. The van der Waals surface area contributed by atoms with E-state index in [4.69, 9.17) is 9.47 Å². The third-order valence-electron chi connectivity index (χ3n) is 3.71. The van der Waals surface area contributed by atoms with E-state index in [1.54, 1.807) is 0 Å². The van der Waals surface area contributed by atoms with Crippen LogP contribution in [0.4, 0.5) is 0 Å². The molecule has 1 aromatic carbocycles. The van der Waals surface area contributed by atoms with Gasteiger partial charge in [0.2, 0.25) is 0 Å². The summed E-state index contributed by atoms with van der Waals surface area (Å²) in [6, 6.07) is 7.48. The number of hydrogen-bond acceptors (Lipinski definition) is 5. The topological polar surface area (TPSA) is 71.0 Å². The maximum Gasteiger partial charge on any atom is 0.120 e. The summed E-state index contributed by atoms with van der Waals surface area (Å²) in [5, 5.41) is 23.3. The highest BCUT2D eigenvalue weighted by Crippen LogP contribution is 2.24. The molecule has 1 heterocycles. The molecule has 3 unspecified atom stereocenters. The third-order valence-corrected chi connectivity index (χ3v) is 4.20. The van der Waals surface area contributed by atoms with Crippen molar-refractivity contribution >= 4 is 15.9 Å². The van der Waals surface area contributed by atoms with Gasteiger partial charge >= 0.3 is 0 Å². The summed E-state index contributed by atoms with van der Waals surface area (Å²) in [5.41, 5.74) is -0.842. The quantitative estimate of drug-likeness (QED) is 0.684. The zero-order valence-corrected chi connectivity index (χ0v) is 13.7. The van der Waals surface area contributed by atoms with E-state index in [0.29, 0.717) is 31.9 Å². The lowest BCUT2D eigenvalue weighted by molar-refractivity contribution is -0.0279. The van der Waals surface area contributed by atoms with E-state index in [1.165, 1.54) is 0 Å². The maximum absolute atomic E-state index is 10.3. The van der Waals surface area contributed by atoms with Crippen LogP contribution in [0.15, 0.2) is 28.7 Å². The number of nitrogens with one attached hydrogen (secondary N) is 1. The summed E-state index contributed by atoms with van der Waals surface area (Å²) < 4.78 is 11.8. The summed E-state index contributed by atoms with van der Waals surface area (Å²) in [5.74, 6) is 0.708. The highest BCUT2D eigenvalue weighted by atomic mass is 79.9. The van der Waals surface area contributed by atoms with Gasteiger partial charge in [0.1, 0.15) is 24.1 Å². The maximum atomic E-state index is 10.3. The molecule has 3 atom stereocenters. The largest absolute Gasteiger partial charge is 0.491 e. The average molecular weight is 360 g/mol. The summed E-state index contributed by atoms with van der Waals surface area (Å²) in [6.45, 7) is 3.41. The van der Waals surface area contributed by atoms with Crippen molar-refractivity contribution in [2.75, 3.05) is 26.3 Å². The van der Waals surface area contributed by atoms with Gasteiger partial charge in [-0.1, -0.05) is 22.0 Å². The van der Waals surface area contributed by atoms with E-state index < -0.39 is 11.7 Å². The Morgan fingerprint density at radius 3 is 3.05 bits per heavy atom. The van der Waals surface area contributed by atoms with E-state index in [-0.39, 0.29) is 12.7 Å². The first-order chi connectivity index (χ1) is 9.99. The van der Waals surface area contributed by atoms with Crippen molar-refractivity contribution in [1.29, 1.82) is 0 Å². The van der Waals surface area contributed by atoms with Crippen LogP contribution in [0.5, 0.6) is 5.75 Å². The van der Waals surface area contributed by atoms with Gasteiger partial charge in [0.25, 0.3) is 0 Å². The zero-order chi connectivity index (χ0) is 15.3. The Morgan fingerprint density at radius 1 is 1.57 bits per heavy atom. The van der Waals surface area contributed by atoms with Crippen LogP contribution >= 0.6 is 15.9 Å². The molecule has 1 aliphatic rings. The Hall–Kier alpha value is -0.660. The highest BCUT2D eigenvalue weighted by Gasteiger charge is 2.39. The van der Waals surface area contributed by atoms with Gasteiger partial charge in [-0.3, -0.25) is 0 Å². The van der Waals surface area contributed by atoms with E-state index in [9.17, 15) is 10.2 Å². The number of ether oxygens (including phenoxy) is 2. The van der Waals surface area contributed by atoms with Crippen LogP contribution in [0.3, 0.4) is 0 Å². The highest BCUT2D eigenvalue weighted by molar-refractivity contribution is 9.10. The molecule has 0 amide bonds. The molecule has 1 aliphatic heterocycles. The molecule has 0 bridgehead atoms. The van der Waals surface area contributed by atoms with Crippen LogP contribution in [0, 0.1) is 0 Å². The van der Waals surface area contributed by atoms with Gasteiger partial charge in [-0.15, -0.1) is 0 Å². The predicted octanol–water partition coefficient (Wildman–Crippen LogP) is 1.32. The van der Waals surface area contributed by atoms with E-state index in [1.807, 2.05) is 31.2 Å². The normalized spacial score (nSPS) is 26.8. The van der Waals surface area contributed by atoms with Crippen LogP contribution < -0.4 is 10.1 Å². The summed E-state index contributed by atoms with van der Waals surface area (Å²) in [7, 11) is 0. The van der Waals surface area contributed by atoms with Crippen molar-refractivity contribution in [2.24, 2.45) is 0 Å². The first-order valence-corrected chi connectivity index (χ1v) is 7.90. The second kappa shape index (κ2) is 7.56. The standard InChI is InChI=1S/C15H22BrNO4/c1-11-15(19,5-6-20-11)10-17-8-13(18)9-21-14-4-2-3-12(16)7-14/h2-4,7,11,13,17-19H,5-6,8-10H2,1H3. The van der Waals surface area contributed by atoms with E-state index >= 15 is 0 Å². The molecule has 0 spiro atoms. The van der Waals surface area contributed by atoms with Crippen LogP contribution in [0.2, 0.25) is 0 Å². The number of hydrogen-bond donors (Lipinski definition) is 3. The molecule has 1 fully saturated rings. The molecule has 0 aliphatic carbocycles. The number of benzene rings is 1. The molecule has 0 aromatic heterocycles. The molecule has 1 saturated heterocycles. The molecule has 5 nitrogen and oxygen atoms in total. The van der Waals surface area contributed by atoms with E-state index in [0.717, 1.165) is 4.47 Å². The number of aliphatic hydroxyl groups excluding tert-OH is 1. The van der Waals surface area contributed by atoms with Crippen LogP contribution in [-0.4, -0.2) is 54.3 Å². The predicted molar refractivity (Wildman–Crippen MR) is 83.5 cm³/mol. The fraction of sp³-hybridized carbons (Fsp3) is 0.600. The minimum Gasteiger partial charge on any atom is -0.491 e. The van der Waals surface area contributed by atoms with Gasteiger partial charge < -0.3 is 25.0 Å². The Balaban J connectivity index is 1.67. The Kier molecular flexibility index (Phi) is 6.01. The SMILES string of the molecule is CC1OCCC1(O)CNCC(O)COc1cccc(Br)c1. The molecule has 3 N–H and O–H groups in total. The molecular formula is C15H22BrNO4. The van der Waals surface area contributed by atoms with Crippen molar-refractivity contribution in [2.45, 2.75) is 31.2 Å². The molecule has 6 heteroatoms. The molecular weight excluding hydrogens is 338 g/mol. The Morgan fingerprint density at radius 2 is 2.38 bits per heavy atom.